The van der Waals surface area contributed by atoms with Gasteiger partial charge in [0.2, 0.25) is 0 Å². The van der Waals surface area contributed by atoms with Crippen molar-refractivity contribution in [2.75, 3.05) is 13.7 Å². The highest BCUT2D eigenvalue weighted by atomic mass is 16.5. The molecule has 2 aromatic rings. The van der Waals surface area contributed by atoms with Gasteiger partial charge in [-0.15, -0.1) is 0 Å². The molecule has 1 aromatic carbocycles. The molecular formula is C16H22N2O. The number of hydrogen-bond acceptors (Lipinski definition) is 3. The first-order valence-electron chi connectivity index (χ1n) is 6.60. The van der Waals surface area contributed by atoms with Crippen LogP contribution in [0.5, 0.6) is 5.75 Å². The van der Waals surface area contributed by atoms with Crippen molar-refractivity contribution in [2.45, 2.75) is 27.2 Å². The van der Waals surface area contributed by atoms with Crippen molar-refractivity contribution in [3.8, 4) is 5.75 Å². The molecular weight excluding hydrogens is 236 g/mol. The molecule has 0 spiro atoms. The Hall–Kier alpha value is -1.61. The van der Waals surface area contributed by atoms with Gasteiger partial charge in [0.25, 0.3) is 0 Å². The molecule has 19 heavy (non-hydrogen) atoms. The predicted octanol–water partition coefficient (Wildman–Crippen LogP) is 3.08. The van der Waals surface area contributed by atoms with Crippen LogP contribution in [0.3, 0.4) is 0 Å². The number of rotatable bonds is 4. The van der Waals surface area contributed by atoms with Gasteiger partial charge in [-0.3, -0.25) is 4.98 Å². The summed E-state index contributed by atoms with van der Waals surface area (Å²) in [6.07, 6.45) is 2.73. The van der Waals surface area contributed by atoms with Crippen LogP contribution in [0.25, 0.3) is 10.9 Å². The van der Waals surface area contributed by atoms with Crippen LogP contribution >= 0.6 is 0 Å². The second-order valence-corrected chi connectivity index (χ2v) is 5.81. The molecule has 0 bridgehead atoms. The Bertz CT molecular complexity index is 591. The second kappa shape index (κ2) is 5.17. The number of methoxy groups -OCH3 is 1. The molecule has 0 unspecified atom stereocenters. The molecule has 0 aliphatic carbocycles. The van der Waals surface area contributed by atoms with Crippen molar-refractivity contribution in [3.05, 3.63) is 35.5 Å². The van der Waals surface area contributed by atoms with Gasteiger partial charge in [0.15, 0.2) is 0 Å². The maximum atomic E-state index is 5.87. The molecule has 0 saturated heterocycles. The molecule has 3 nitrogen and oxygen atoms in total. The maximum Gasteiger partial charge on any atom is 0.122 e. The van der Waals surface area contributed by atoms with E-state index in [-0.39, 0.29) is 5.41 Å². The third kappa shape index (κ3) is 2.71. The lowest BCUT2D eigenvalue weighted by molar-refractivity contribution is 0.360. The van der Waals surface area contributed by atoms with Crippen molar-refractivity contribution in [2.24, 2.45) is 11.1 Å². The first-order chi connectivity index (χ1) is 8.98. The normalized spacial score (nSPS) is 11.8. The quantitative estimate of drug-likeness (QED) is 0.916. The molecule has 0 atom stereocenters. The van der Waals surface area contributed by atoms with Gasteiger partial charge in [-0.05, 0) is 49.1 Å². The Kier molecular flexibility index (Phi) is 3.76. The van der Waals surface area contributed by atoms with E-state index < -0.39 is 0 Å². The van der Waals surface area contributed by atoms with Crippen molar-refractivity contribution in [1.29, 1.82) is 0 Å². The average Bonchev–Trinajstić information content (AvgIpc) is 2.39. The summed E-state index contributed by atoms with van der Waals surface area (Å²) >= 11 is 0. The van der Waals surface area contributed by atoms with Crippen LogP contribution in [0, 0.1) is 12.3 Å². The Labute approximate surface area is 114 Å². The minimum Gasteiger partial charge on any atom is -0.496 e. The molecule has 0 saturated carbocycles. The largest absolute Gasteiger partial charge is 0.496 e. The third-order valence-corrected chi connectivity index (χ3v) is 3.61. The summed E-state index contributed by atoms with van der Waals surface area (Å²) in [6.45, 7) is 7.11. The van der Waals surface area contributed by atoms with E-state index in [0.29, 0.717) is 6.54 Å². The number of nitrogens with two attached hydrogens (primary N) is 1. The zero-order chi connectivity index (χ0) is 14.0. The third-order valence-electron chi connectivity index (χ3n) is 3.61. The molecule has 1 heterocycles. The molecule has 2 rings (SSSR count). The molecule has 102 valence electrons. The summed E-state index contributed by atoms with van der Waals surface area (Å²) < 4.78 is 5.53. The highest BCUT2D eigenvalue weighted by Crippen LogP contribution is 2.34. The monoisotopic (exact) mass is 258 g/mol. The van der Waals surface area contributed by atoms with Gasteiger partial charge in [-0.1, -0.05) is 13.8 Å². The smallest absolute Gasteiger partial charge is 0.122 e. The second-order valence-electron chi connectivity index (χ2n) is 5.81. The highest BCUT2D eigenvalue weighted by Gasteiger charge is 2.21. The van der Waals surface area contributed by atoms with Gasteiger partial charge in [-0.2, -0.15) is 0 Å². The van der Waals surface area contributed by atoms with Gasteiger partial charge in [0.05, 0.1) is 12.6 Å². The fourth-order valence-electron chi connectivity index (χ4n) is 2.39. The fraction of sp³-hybridized carbons (Fsp3) is 0.438. The minimum absolute atomic E-state index is 0.0455. The topological polar surface area (TPSA) is 48.1 Å². The standard InChI is InChI=1S/C16H22N2O/c1-11-7-8-18-13-5-6-14(19-4)12(15(11)13)9-16(2,3)10-17/h5-8H,9-10,17H2,1-4H3. The van der Waals surface area contributed by atoms with Gasteiger partial charge in [0.1, 0.15) is 5.75 Å². The first-order valence-corrected chi connectivity index (χ1v) is 6.60. The summed E-state index contributed by atoms with van der Waals surface area (Å²) in [4.78, 5) is 4.45. The molecule has 1 aromatic heterocycles. The number of aromatic nitrogens is 1. The molecule has 0 aliphatic heterocycles. The molecule has 3 heteroatoms. The Morgan fingerprint density at radius 1 is 1.26 bits per heavy atom. The SMILES string of the molecule is COc1ccc2nccc(C)c2c1CC(C)(C)CN. The average molecular weight is 258 g/mol. The molecule has 0 radical (unpaired) electrons. The van der Waals surface area contributed by atoms with E-state index in [9.17, 15) is 0 Å². The Balaban J connectivity index is 2.67. The van der Waals surface area contributed by atoms with Gasteiger partial charge in [-0.25, -0.2) is 0 Å². The lowest BCUT2D eigenvalue weighted by Gasteiger charge is -2.25. The van der Waals surface area contributed by atoms with E-state index in [1.54, 1.807) is 7.11 Å². The lowest BCUT2D eigenvalue weighted by Crippen LogP contribution is -2.26. The van der Waals surface area contributed by atoms with Crippen molar-refractivity contribution < 1.29 is 4.74 Å². The van der Waals surface area contributed by atoms with E-state index in [1.165, 1.54) is 16.5 Å². The van der Waals surface area contributed by atoms with Crippen molar-refractivity contribution in [1.82, 2.24) is 4.98 Å². The predicted molar refractivity (Wildman–Crippen MR) is 79.6 cm³/mol. The van der Waals surface area contributed by atoms with Crippen LogP contribution in [-0.4, -0.2) is 18.6 Å². The van der Waals surface area contributed by atoms with Crippen LogP contribution in [0.1, 0.15) is 25.0 Å². The molecule has 2 N–H and O–H groups in total. The number of fused-ring (bicyclic) bond motifs is 1. The summed E-state index contributed by atoms with van der Waals surface area (Å²) in [6, 6.07) is 6.05. The summed E-state index contributed by atoms with van der Waals surface area (Å²) in [5.41, 5.74) is 9.37. The number of nitrogens with zero attached hydrogens (tertiary/aromatic N) is 1. The van der Waals surface area contributed by atoms with Crippen molar-refractivity contribution in [3.63, 3.8) is 0 Å². The molecule has 0 aliphatic rings. The minimum atomic E-state index is 0.0455. The van der Waals surface area contributed by atoms with E-state index in [1.807, 2.05) is 24.4 Å². The summed E-state index contributed by atoms with van der Waals surface area (Å²) in [7, 11) is 1.71. The molecule has 0 fully saturated rings. The van der Waals surface area contributed by atoms with E-state index >= 15 is 0 Å². The van der Waals surface area contributed by atoms with Gasteiger partial charge in [0, 0.05) is 17.1 Å². The van der Waals surface area contributed by atoms with Crippen LogP contribution in [0.4, 0.5) is 0 Å². The number of aryl methyl sites for hydroxylation is 1. The summed E-state index contributed by atoms with van der Waals surface area (Å²) in [5.74, 6) is 0.921. The van der Waals surface area contributed by atoms with Gasteiger partial charge < -0.3 is 10.5 Å². The Morgan fingerprint density at radius 2 is 2.00 bits per heavy atom. The van der Waals surface area contributed by atoms with E-state index in [2.05, 4.69) is 25.8 Å². The number of benzene rings is 1. The summed E-state index contributed by atoms with van der Waals surface area (Å²) in [5, 5.41) is 1.20. The van der Waals surface area contributed by atoms with E-state index in [4.69, 9.17) is 10.5 Å². The van der Waals surface area contributed by atoms with Crippen molar-refractivity contribution >= 4 is 10.9 Å². The number of pyridine rings is 1. The number of hydrogen-bond donors (Lipinski definition) is 1. The van der Waals surface area contributed by atoms with Crippen LogP contribution < -0.4 is 10.5 Å². The number of ether oxygens (including phenoxy) is 1. The fourth-order valence-corrected chi connectivity index (χ4v) is 2.39. The lowest BCUT2D eigenvalue weighted by atomic mass is 9.83. The Morgan fingerprint density at radius 3 is 2.63 bits per heavy atom. The van der Waals surface area contributed by atoms with Crippen LogP contribution in [0.15, 0.2) is 24.4 Å². The van der Waals surface area contributed by atoms with Crippen LogP contribution in [-0.2, 0) is 6.42 Å². The maximum absolute atomic E-state index is 5.87. The van der Waals surface area contributed by atoms with Gasteiger partial charge >= 0.3 is 0 Å². The zero-order valence-electron chi connectivity index (χ0n) is 12.2. The highest BCUT2D eigenvalue weighted by molar-refractivity contribution is 5.87. The first kappa shape index (κ1) is 13.8. The molecule has 0 amide bonds. The van der Waals surface area contributed by atoms with Crippen LogP contribution in [0.2, 0.25) is 0 Å². The van der Waals surface area contributed by atoms with E-state index in [0.717, 1.165) is 17.7 Å². The zero-order valence-corrected chi connectivity index (χ0v) is 12.2.